The first-order chi connectivity index (χ1) is 16.5. The van der Waals surface area contributed by atoms with Crippen LogP contribution in [0.15, 0.2) is 48.5 Å². The zero-order valence-corrected chi connectivity index (χ0v) is 19.5. The number of hydrogen-bond acceptors (Lipinski definition) is 4. The maximum atomic E-state index is 15.0. The van der Waals surface area contributed by atoms with Crippen LogP contribution in [-0.4, -0.2) is 62.6 Å². The lowest BCUT2D eigenvalue weighted by atomic mass is 9.88. The second kappa shape index (κ2) is 11.6. The Morgan fingerprint density at radius 3 is 2.79 bits per heavy atom. The number of carbonyl (C=O) groups is 1. The van der Waals surface area contributed by atoms with Crippen LogP contribution in [0.5, 0.6) is 5.75 Å². The molecule has 3 unspecified atom stereocenters. The van der Waals surface area contributed by atoms with Crippen molar-refractivity contribution in [1.29, 1.82) is 0 Å². The second-order valence-corrected chi connectivity index (χ2v) is 9.14. The fraction of sp³-hybridized carbons (Fsp3) is 0.500. The van der Waals surface area contributed by atoms with E-state index in [9.17, 15) is 13.6 Å². The fourth-order valence-electron chi connectivity index (χ4n) is 4.81. The summed E-state index contributed by atoms with van der Waals surface area (Å²) in [6.45, 7) is 2.33. The van der Waals surface area contributed by atoms with E-state index in [0.717, 1.165) is 31.4 Å². The summed E-state index contributed by atoms with van der Waals surface area (Å²) in [6.07, 6.45) is 1.89. The molecule has 2 amide bonds. The largest absolute Gasteiger partial charge is 0.497 e. The number of benzene rings is 2. The van der Waals surface area contributed by atoms with Crippen LogP contribution < -0.4 is 15.4 Å². The van der Waals surface area contributed by atoms with Gasteiger partial charge in [-0.2, -0.15) is 0 Å². The van der Waals surface area contributed by atoms with Gasteiger partial charge in [0.15, 0.2) is 0 Å². The molecule has 4 atom stereocenters. The third-order valence-corrected chi connectivity index (χ3v) is 6.69. The molecule has 2 fully saturated rings. The molecule has 0 aliphatic carbocycles. The van der Waals surface area contributed by atoms with Crippen LogP contribution in [0.4, 0.5) is 19.3 Å². The fourth-order valence-corrected chi connectivity index (χ4v) is 4.81. The van der Waals surface area contributed by atoms with Crippen molar-refractivity contribution in [2.24, 2.45) is 5.92 Å². The van der Waals surface area contributed by atoms with Gasteiger partial charge in [-0.05, 0) is 68.0 Å². The number of nitrogens with zero attached hydrogens (tertiary/aromatic N) is 1. The van der Waals surface area contributed by atoms with Crippen LogP contribution in [0.1, 0.15) is 24.8 Å². The lowest BCUT2D eigenvalue weighted by Crippen LogP contribution is -2.54. The van der Waals surface area contributed by atoms with E-state index < -0.39 is 6.17 Å². The number of alkyl halides is 1. The Labute approximate surface area is 199 Å². The highest BCUT2D eigenvalue weighted by atomic mass is 19.1. The highest BCUT2D eigenvalue weighted by Crippen LogP contribution is 2.26. The smallest absolute Gasteiger partial charge is 0.319 e. The Bertz CT molecular complexity index is 943. The predicted molar refractivity (Wildman–Crippen MR) is 127 cm³/mol. The summed E-state index contributed by atoms with van der Waals surface area (Å²) in [4.78, 5) is 14.7. The van der Waals surface area contributed by atoms with Crippen LogP contribution in [0.25, 0.3) is 0 Å². The molecule has 6 nitrogen and oxygen atoms in total. The lowest BCUT2D eigenvalue weighted by molar-refractivity contribution is -0.0370. The number of urea groups is 1. The molecule has 184 valence electrons. The van der Waals surface area contributed by atoms with Crippen molar-refractivity contribution < 1.29 is 23.0 Å². The number of methoxy groups -OCH3 is 1. The third kappa shape index (κ3) is 6.67. The molecule has 2 heterocycles. The van der Waals surface area contributed by atoms with Gasteiger partial charge in [0.05, 0.1) is 19.3 Å². The zero-order valence-electron chi connectivity index (χ0n) is 19.5. The molecule has 8 heteroatoms. The maximum absolute atomic E-state index is 15.0. The molecule has 0 bridgehead atoms. The van der Waals surface area contributed by atoms with Crippen molar-refractivity contribution in [3.63, 3.8) is 0 Å². The zero-order chi connectivity index (χ0) is 23.9. The van der Waals surface area contributed by atoms with Gasteiger partial charge >= 0.3 is 6.03 Å². The number of piperidine rings is 1. The summed E-state index contributed by atoms with van der Waals surface area (Å²) >= 11 is 0. The van der Waals surface area contributed by atoms with E-state index in [1.165, 1.54) is 12.1 Å². The van der Waals surface area contributed by atoms with Gasteiger partial charge in [0, 0.05) is 31.5 Å². The number of rotatable bonds is 7. The quantitative estimate of drug-likeness (QED) is 0.626. The molecule has 2 aliphatic rings. The van der Waals surface area contributed by atoms with E-state index in [-0.39, 0.29) is 29.9 Å². The van der Waals surface area contributed by atoms with E-state index >= 15 is 0 Å². The van der Waals surface area contributed by atoms with Gasteiger partial charge in [-0.1, -0.05) is 18.2 Å². The van der Waals surface area contributed by atoms with Crippen LogP contribution in [0.3, 0.4) is 0 Å². The lowest BCUT2D eigenvalue weighted by Gasteiger charge is -2.39. The number of nitrogens with one attached hydrogen (secondary N) is 2. The number of hydrogen-bond donors (Lipinski definition) is 2. The molecule has 0 aromatic heterocycles. The molecule has 4 rings (SSSR count). The summed E-state index contributed by atoms with van der Waals surface area (Å²) in [7, 11) is 1.58. The van der Waals surface area contributed by atoms with Crippen molar-refractivity contribution in [2.45, 2.75) is 44.0 Å². The van der Waals surface area contributed by atoms with Gasteiger partial charge in [0.25, 0.3) is 0 Å². The van der Waals surface area contributed by atoms with E-state index in [4.69, 9.17) is 9.47 Å². The van der Waals surface area contributed by atoms with Gasteiger partial charge < -0.3 is 20.1 Å². The molecule has 2 saturated heterocycles. The summed E-state index contributed by atoms with van der Waals surface area (Å²) in [5.41, 5.74) is 1.61. The van der Waals surface area contributed by atoms with E-state index in [2.05, 4.69) is 15.5 Å². The van der Waals surface area contributed by atoms with Crippen molar-refractivity contribution in [2.75, 3.05) is 38.7 Å². The first-order valence-corrected chi connectivity index (χ1v) is 11.9. The summed E-state index contributed by atoms with van der Waals surface area (Å²) in [6, 6.07) is 13.1. The average molecular weight is 474 g/mol. The van der Waals surface area contributed by atoms with Crippen molar-refractivity contribution in [1.82, 2.24) is 10.2 Å². The summed E-state index contributed by atoms with van der Waals surface area (Å²) < 4.78 is 39.3. The molecule has 34 heavy (non-hydrogen) atoms. The number of carbonyl (C=O) groups excluding carboxylic acids is 1. The Kier molecular flexibility index (Phi) is 8.34. The average Bonchev–Trinajstić information content (AvgIpc) is 2.83. The second-order valence-electron chi connectivity index (χ2n) is 9.14. The molecule has 0 saturated carbocycles. The summed E-state index contributed by atoms with van der Waals surface area (Å²) in [5, 5.41) is 5.88. The van der Waals surface area contributed by atoms with Crippen molar-refractivity contribution >= 4 is 11.7 Å². The number of likely N-dealkylation sites (tertiary alicyclic amines) is 1. The highest BCUT2D eigenvalue weighted by molar-refractivity contribution is 5.89. The molecular formula is C26H33F2N3O3. The number of halogens is 2. The Morgan fingerprint density at radius 1 is 1.21 bits per heavy atom. The molecule has 2 aliphatic heterocycles. The van der Waals surface area contributed by atoms with Gasteiger partial charge in [-0.25, -0.2) is 13.6 Å². The first-order valence-electron chi connectivity index (χ1n) is 11.9. The molecule has 2 N–H and O–H groups in total. The number of anilines is 1. The van der Waals surface area contributed by atoms with Crippen molar-refractivity contribution in [3.05, 3.63) is 59.9 Å². The summed E-state index contributed by atoms with van der Waals surface area (Å²) in [5.74, 6) is 0.319. The van der Waals surface area contributed by atoms with E-state index in [1.807, 2.05) is 12.1 Å². The van der Waals surface area contributed by atoms with Crippen LogP contribution in [-0.2, 0) is 11.2 Å². The van der Waals surface area contributed by atoms with E-state index in [0.29, 0.717) is 37.6 Å². The normalized spacial score (nSPS) is 25.5. The molecule has 0 spiro atoms. The molecule has 0 radical (unpaired) electrons. The predicted octanol–water partition coefficient (Wildman–Crippen LogP) is 4.41. The van der Waals surface area contributed by atoms with Gasteiger partial charge in [-0.3, -0.25) is 4.90 Å². The van der Waals surface area contributed by atoms with Crippen LogP contribution in [0, 0.1) is 11.7 Å². The number of ether oxygens (including phenoxy) is 2. The minimum absolute atomic E-state index is 0.0726. The topological polar surface area (TPSA) is 62.8 Å². The first kappa shape index (κ1) is 24.4. The van der Waals surface area contributed by atoms with Gasteiger partial charge in [0.2, 0.25) is 0 Å². The maximum Gasteiger partial charge on any atom is 0.319 e. The molecular weight excluding hydrogens is 440 g/mol. The van der Waals surface area contributed by atoms with Gasteiger partial charge in [0.1, 0.15) is 17.7 Å². The Morgan fingerprint density at radius 2 is 2.03 bits per heavy atom. The standard InChI is InChI=1S/C26H33F2N3O3/c1-33-22-5-2-4-21(15-22)29-26(32)30-24-6-3-13-34-25(24)17-31-12-11-19(23(28)16-31)14-18-7-9-20(27)10-8-18/h2,4-5,7-10,15,19,23-25H,3,6,11-14,16-17H2,1H3,(H2,29,30,32)/t19?,23?,24-,25?/m1/s1. The van der Waals surface area contributed by atoms with Crippen LogP contribution >= 0.6 is 0 Å². The Balaban J connectivity index is 1.28. The van der Waals surface area contributed by atoms with Crippen molar-refractivity contribution in [3.8, 4) is 5.75 Å². The van der Waals surface area contributed by atoms with Crippen LogP contribution in [0.2, 0.25) is 0 Å². The number of amides is 2. The third-order valence-electron chi connectivity index (χ3n) is 6.69. The SMILES string of the molecule is COc1cccc(NC(=O)N[C@@H]2CCCOC2CN2CCC(Cc3ccc(F)cc3)C(F)C2)c1. The molecule has 2 aromatic rings. The highest BCUT2D eigenvalue weighted by Gasteiger charge is 2.34. The Hall–Kier alpha value is -2.71. The van der Waals surface area contributed by atoms with Gasteiger partial charge in [-0.15, -0.1) is 0 Å². The molecule has 2 aromatic carbocycles. The monoisotopic (exact) mass is 473 g/mol. The minimum atomic E-state index is -0.954. The minimum Gasteiger partial charge on any atom is -0.497 e. The van der Waals surface area contributed by atoms with E-state index in [1.54, 1.807) is 31.4 Å².